The maximum atomic E-state index is 12.6. The number of para-hydroxylation sites is 1. The van der Waals surface area contributed by atoms with Crippen LogP contribution < -0.4 is 10.1 Å². The van der Waals surface area contributed by atoms with Gasteiger partial charge < -0.3 is 14.5 Å². The second kappa shape index (κ2) is 8.98. The molecule has 0 aliphatic carbocycles. The lowest BCUT2D eigenvalue weighted by atomic mass is 10.0. The van der Waals surface area contributed by atoms with Crippen LogP contribution in [0.4, 0.5) is 0 Å². The fraction of sp³-hybridized carbons (Fsp3) is 0.261. The first-order valence-electron chi connectivity index (χ1n) is 9.32. The highest BCUT2D eigenvalue weighted by Gasteiger charge is 2.17. The summed E-state index contributed by atoms with van der Waals surface area (Å²) in [6, 6.07) is 17.1. The molecule has 0 aliphatic heterocycles. The number of carbonyl (C=O) groups is 1. The van der Waals surface area contributed by atoms with E-state index in [2.05, 4.69) is 5.32 Å². The summed E-state index contributed by atoms with van der Waals surface area (Å²) >= 11 is 6.17. The maximum absolute atomic E-state index is 12.6. The number of hydrogen-bond acceptors (Lipinski definition) is 3. The van der Waals surface area contributed by atoms with Crippen molar-refractivity contribution in [2.24, 2.45) is 0 Å². The van der Waals surface area contributed by atoms with Crippen molar-refractivity contribution in [1.82, 2.24) is 5.32 Å². The molecule has 3 aromatic rings. The van der Waals surface area contributed by atoms with Crippen molar-refractivity contribution in [1.29, 1.82) is 0 Å². The molecule has 0 spiro atoms. The van der Waals surface area contributed by atoms with Crippen LogP contribution in [0.1, 0.15) is 52.4 Å². The molecule has 1 atom stereocenters. The Hall–Kier alpha value is -2.72. The Labute approximate surface area is 170 Å². The molecule has 3 rings (SSSR count). The molecule has 1 aromatic heterocycles. The van der Waals surface area contributed by atoms with Crippen molar-refractivity contribution >= 4 is 17.5 Å². The van der Waals surface area contributed by atoms with Crippen molar-refractivity contribution in [2.45, 2.75) is 39.8 Å². The van der Waals surface area contributed by atoms with Gasteiger partial charge in [0, 0.05) is 0 Å². The van der Waals surface area contributed by atoms with Gasteiger partial charge in [0.25, 0.3) is 5.91 Å². The predicted octanol–water partition coefficient (Wildman–Crippen LogP) is 6.01. The molecule has 1 N–H and O–H groups in total. The van der Waals surface area contributed by atoms with Crippen LogP contribution in [0.25, 0.3) is 0 Å². The Balaban J connectivity index is 1.64. The van der Waals surface area contributed by atoms with Gasteiger partial charge in [-0.1, -0.05) is 60.5 Å². The molecule has 0 saturated carbocycles. The zero-order valence-electron chi connectivity index (χ0n) is 16.3. The molecule has 0 aliphatic rings. The van der Waals surface area contributed by atoms with Crippen LogP contribution in [-0.2, 0) is 6.61 Å². The number of halogens is 1. The summed E-state index contributed by atoms with van der Waals surface area (Å²) < 4.78 is 11.4. The van der Waals surface area contributed by atoms with Crippen LogP contribution in [0.2, 0.25) is 5.02 Å². The Bertz CT molecular complexity index is 926. The largest absolute Gasteiger partial charge is 0.484 e. The molecule has 0 bridgehead atoms. The van der Waals surface area contributed by atoms with Crippen molar-refractivity contribution in [3.05, 3.63) is 87.8 Å². The van der Waals surface area contributed by atoms with Crippen molar-refractivity contribution in [3.8, 4) is 5.75 Å². The van der Waals surface area contributed by atoms with E-state index in [9.17, 15) is 4.79 Å². The zero-order valence-corrected chi connectivity index (χ0v) is 17.0. The van der Waals surface area contributed by atoms with Gasteiger partial charge in [-0.05, 0) is 49.6 Å². The van der Waals surface area contributed by atoms with E-state index >= 15 is 0 Å². The van der Waals surface area contributed by atoms with Gasteiger partial charge in [-0.25, -0.2) is 0 Å². The number of amides is 1. The van der Waals surface area contributed by atoms with Crippen LogP contribution >= 0.6 is 11.6 Å². The molecule has 1 amide bonds. The highest BCUT2D eigenvalue weighted by molar-refractivity contribution is 6.32. The average Bonchev–Trinajstić information content (AvgIpc) is 3.15. The first kappa shape index (κ1) is 20.0. The van der Waals surface area contributed by atoms with E-state index in [0.29, 0.717) is 16.5 Å². The first-order chi connectivity index (χ1) is 13.5. The molecular formula is C23H24ClNO3. The molecule has 0 fully saturated rings. The van der Waals surface area contributed by atoms with E-state index < -0.39 is 0 Å². The Morgan fingerprint density at radius 1 is 1.11 bits per heavy atom. The second-order valence-corrected chi connectivity index (χ2v) is 7.19. The Morgan fingerprint density at radius 2 is 1.86 bits per heavy atom. The van der Waals surface area contributed by atoms with Gasteiger partial charge in [-0.2, -0.15) is 0 Å². The van der Waals surface area contributed by atoms with Crippen molar-refractivity contribution < 1.29 is 13.9 Å². The number of aryl methyl sites for hydroxylation is 2. The summed E-state index contributed by atoms with van der Waals surface area (Å²) in [5, 5.41) is 3.58. The summed E-state index contributed by atoms with van der Waals surface area (Å²) in [6.45, 7) is 6.21. The third-order valence-corrected chi connectivity index (χ3v) is 4.90. The van der Waals surface area contributed by atoms with Gasteiger partial charge >= 0.3 is 0 Å². The highest BCUT2D eigenvalue weighted by Crippen LogP contribution is 2.29. The molecule has 28 heavy (non-hydrogen) atoms. The Kier molecular flexibility index (Phi) is 6.42. The summed E-state index contributed by atoms with van der Waals surface area (Å²) in [7, 11) is 0. The van der Waals surface area contributed by atoms with Gasteiger partial charge in [0.1, 0.15) is 18.1 Å². The lowest BCUT2D eigenvalue weighted by molar-refractivity contribution is 0.0903. The molecule has 4 nitrogen and oxygen atoms in total. The van der Waals surface area contributed by atoms with E-state index in [0.717, 1.165) is 17.5 Å². The van der Waals surface area contributed by atoms with Crippen LogP contribution in [0, 0.1) is 13.8 Å². The van der Waals surface area contributed by atoms with Crippen LogP contribution in [0.5, 0.6) is 5.75 Å². The Morgan fingerprint density at radius 3 is 2.54 bits per heavy atom. The van der Waals surface area contributed by atoms with Crippen molar-refractivity contribution in [2.75, 3.05) is 0 Å². The summed E-state index contributed by atoms with van der Waals surface area (Å²) in [4.78, 5) is 12.6. The number of nitrogens with one attached hydrogen (secondary N) is 1. The minimum absolute atomic E-state index is 0.0660. The molecule has 5 heteroatoms. The molecule has 0 saturated heterocycles. The van der Waals surface area contributed by atoms with E-state index in [1.165, 1.54) is 5.56 Å². The predicted molar refractivity (Wildman–Crippen MR) is 111 cm³/mol. The van der Waals surface area contributed by atoms with E-state index in [4.69, 9.17) is 20.8 Å². The number of carbonyl (C=O) groups excluding carboxylic acids is 1. The number of furan rings is 1. The average molecular weight is 398 g/mol. The second-order valence-electron chi connectivity index (χ2n) is 6.79. The maximum Gasteiger partial charge on any atom is 0.287 e. The number of rotatable bonds is 7. The minimum atomic E-state index is -0.243. The lowest BCUT2D eigenvalue weighted by Crippen LogP contribution is -2.27. The van der Waals surface area contributed by atoms with E-state index in [1.807, 2.05) is 57.2 Å². The third kappa shape index (κ3) is 4.76. The first-order valence-corrected chi connectivity index (χ1v) is 9.69. The highest BCUT2D eigenvalue weighted by atomic mass is 35.5. The summed E-state index contributed by atoms with van der Waals surface area (Å²) in [6.07, 6.45) is 0.789. The van der Waals surface area contributed by atoms with Crippen molar-refractivity contribution in [3.63, 3.8) is 0 Å². The van der Waals surface area contributed by atoms with Crippen LogP contribution in [0.15, 0.2) is 59.0 Å². The third-order valence-electron chi connectivity index (χ3n) is 4.60. The molecular weight excluding hydrogens is 374 g/mol. The minimum Gasteiger partial charge on any atom is -0.484 e. The number of hydrogen-bond donors (Lipinski definition) is 1. The fourth-order valence-electron chi connectivity index (χ4n) is 2.97. The van der Waals surface area contributed by atoms with Gasteiger partial charge in [0.2, 0.25) is 0 Å². The topological polar surface area (TPSA) is 51.5 Å². The molecule has 1 heterocycles. The molecule has 146 valence electrons. The fourth-order valence-corrected chi connectivity index (χ4v) is 3.25. The van der Waals surface area contributed by atoms with Crippen LogP contribution in [-0.4, -0.2) is 5.91 Å². The molecule has 2 aromatic carbocycles. The zero-order chi connectivity index (χ0) is 20.1. The normalized spacial score (nSPS) is 11.9. The smallest absolute Gasteiger partial charge is 0.287 e. The van der Waals surface area contributed by atoms with Crippen LogP contribution in [0.3, 0.4) is 0 Å². The van der Waals surface area contributed by atoms with E-state index in [-0.39, 0.29) is 24.3 Å². The summed E-state index contributed by atoms with van der Waals surface area (Å²) in [5.41, 5.74) is 3.21. The summed E-state index contributed by atoms with van der Waals surface area (Å²) in [5.74, 6) is 1.21. The van der Waals surface area contributed by atoms with Gasteiger partial charge in [0.15, 0.2) is 5.76 Å². The molecule has 0 radical (unpaired) electrons. The monoisotopic (exact) mass is 397 g/mol. The lowest BCUT2D eigenvalue weighted by Gasteiger charge is -2.17. The quantitative estimate of drug-likeness (QED) is 0.531. The number of ether oxygens (including phenoxy) is 1. The SMILES string of the molecule is CCC(NC(=O)c1ccc(COc2c(C)cccc2Cl)o1)c1ccc(C)cc1. The van der Waals surface area contributed by atoms with Gasteiger partial charge in [-0.15, -0.1) is 0 Å². The standard InChI is InChI=1S/C23H24ClNO3/c1-4-20(17-10-8-15(2)9-11-17)25-23(26)21-13-12-18(28-21)14-27-22-16(3)6-5-7-19(22)24/h5-13,20H,4,14H2,1-3H3,(H,25,26). The van der Waals surface area contributed by atoms with Gasteiger partial charge in [-0.3, -0.25) is 4.79 Å². The van der Waals surface area contributed by atoms with Gasteiger partial charge in [0.05, 0.1) is 11.1 Å². The number of benzene rings is 2. The van der Waals surface area contributed by atoms with E-state index in [1.54, 1.807) is 18.2 Å². The molecule has 1 unspecified atom stereocenters.